The zero-order chi connectivity index (χ0) is 24.8. The van der Waals surface area contributed by atoms with Crippen LogP contribution < -0.4 is 5.32 Å². The number of carbonyl (C=O) groups is 1. The number of halogens is 7. The summed E-state index contributed by atoms with van der Waals surface area (Å²) in [5.74, 6) is -2.44. The molecule has 15 heteroatoms. The lowest BCUT2D eigenvalue weighted by molar-refractivity contribution is -0.143. The normalized spacial score (nSPS) is 12.4. The highest BCUT2D eigenvalue weighted by molar-refractivity contribution is 7.98. The fourth-order valence-corrected chi connectivity index (χ4v) is 3.74. The van der Waals surface area contributed by atoms with Crippen molar-refractivity contribution in [2.24, 2.45) is 0 Å². The number of rotatable bonds is 4. The zero-order valence-corrected chi connectivity index (χ0v) is 17.6. The molecule has 1 N–H and O–H groups in total. The highest BCUT2D eigenvalue weighted by Gasteiger charge is 2.41. The smallest absolute Gasteiger partial charge is 0.320 e. The number of alkyl halides is 6. The molecule has 0 aliphatic rings. The molecule has 0 aromatic carbocycles. The van der Waals surface area contributed by atoms with Gasteiger partial charge in [-0.15, -0.1) is 11.8 Å². The summed E-state index contributed by atoms with van der Waals surface area (Å²) in [4.78, 5) is 20.0. The molecule has 0 radical (unpaired) electrons. The van der Waals surface area contributed by atoms with Gasteiger partial charge in [-0.2, -0.15) is 31.4 Å². The number of amides is 1. The summed E-state index contributed by atoms with van der Waals surface area (Å²) in [6.45, 7) is 0. The van der Waals surface area contributed by atoms with Gasteiger partial charge in [-0.25, -0.2) is 19.0 Å². The molecule has 0 aliphatic carbocycles. The predicted octanol–water partition coefficient (Wildman–Crippen LogP) is 5.07. The molecular formula is C19H11F7N6OS. The van der Waals surface area contributed by atoms with Crippen molar-refractivity contribution in [3.63, 3.8) is 0 Å². The van der Waals surface area contributed by atoms with Crippen LogP contribution in [0.1, 0.15) is 21.6 Å². The number of aromatic nitrogens is 5. The van der Waals surface area contributed by atoms with Crippen molar-refractivity contribution in [3.8, 4) is 5.82 Å². The monoisotopic (exact) mass is 504 g/mol. The summed E-state index contributed by atoms with van der Waals surface area (Å²) < 4.78 is 96.9. The minimum Gasteiger partial charge on any atom is -0.320 e. The van der Waals surface area contributed by atoms with E-state index in [2.05, 4.69) is 15.1 Å². The third-order valence-corrected chi connectivity index (χ3v) is 5.30. The average Bonchev–Trinajstić information content (AvgIpc) is 3.41. The van der Waals surface area contributed by atoms with E-state index >= 15 is 0 Å². The number of nitrogens with zero attached hydrogens (tertiary/aromatic N) is 5. The minimum absolute atomic E-state index is 0.272. The average molecular weight is 504 g/mol. The Labute approximate surface area is 189 Å². The maximum absolute atomic E-state index is 13.9. The van der Waals surface area contributed by atoms with Crippen molar-refractivity contribution >= 4 is 29.0 Å². The fraction of sp³-hybridized carbons (Fsp3) is 0.158. The van der Waals surface area contributed by atoms with Crippen LogP contribution in [-0.2, 0) is 12.4 Å². The first-order valence-corrected chi connectivity index (χ1v) is 10.3. The number of anilines is 1. The van der Waals surface area contributed by atoms with Gasteiger partial charge in [-0.05, 0) is 24.5 Å². The molecular weight excluding hydrogens is 493 g/mol. The number of hydrogen-bond acceptors (Lipinski definition) is 5. The van der Waals surface area contributed by atoms with E-state index < -0.39 is 46.6 Å². The molecule has 0 atom stereocenters. The van der Waals surface area contributed by atoms with E-state index in [-0.39, 0.29) is 16.5 Å². The number of carbonyl (C=O) groups excluding carboxylic acids is 1. The number of thioether (sulfide) groups is 1. The van der Waals surface area contributed by atoms with Crippen LogP contribution in [0.5, 0.6) is 0 Å². The second-order valence-corrected chi connectivity index (χ2v) is 7.50. The second-order valence-electron chi connectivity index (χ2n) is 6.71. The van der Waals surface area contributed by atoms with E-state index in [0.717, 1.165) is 28.9 Å². The Kier molecular flexibility index (Phi) is 5.75. The third kappa shape index (κ3) is 4.18. The van der Waals surface area contributed by atoms with Gasteiger partial charge in [-0.1, -0.05) is 0 Å². The number of pyridine rings is 2. The number of hydrogen-bond donors (Lipinski definition) is 1. The molecule has 0 aliphatic heterocycles. The van der Waals surface area contributed by atoms with E-state index in [4.69, 9.17) is 0 Å². The van der Waals surface area contributed by atoms with E-state index in [9.17, 15) is 35.5 Å². The topological polar surface area (TPSA) is 77.1 Å². The van der Waals surface area contributed by atoms with E-state index in [0.29, 0.717) is 28.7 Å². The SMILES string of the molecule is CSc1ncc(NC(=O)c2cnn(-c3ccc(F)c4nccn34)c2C(F)(F)F)cc1C(F)(F)F. The quantitative estimate of drug-likeness (QED) is 0.311. The zero-order valence-electron chi connectivity index (χ0n) is 16.7. The second kappa shape index (κ2) is 8.30. The third-order valence-electron chi connectivity index (χ3n) is 4.59. The van der Waals surface area contributed by atoms with Gasteiger partial charge in [-0.3, -0.25) is 9.20 Å². The van der Waals surface area contributed by atoms with Crippen LogP contribution in [0.25, 0.3) is 11.5 Å². The molecule has 34 heavy (non-hydrogen) atoms. The van der Waals surface area contributed by atoms with Gasteiger partial charge in [0.25, 0.3) is 5.91 Å². The van der Waals surface area contributed by atoms with Crippen LogP contribution in [0.15, 0.2) is 48.0 Å². The first kappa shape index (κ1) is 23.5. The Morgan fingerprint density at radius 3 is 2.44 bits per heavy atom. The van der Waals surface area contributed by atoms with Crippen molar-refractivity contribution in [3.05, 3.63) is 65.6 Å². The molecule has 1 amide bonds. The molecule has 0 unspecified atom stereocenters. The van der Waals surface area contributed by atoms with Crippen molar-refractivity contribution < 1.29 is 35.5 Å². The number of nitrogens with one attached hydrogen (secondary N) is 1. The first-order valence-electron chi connectivity index (χ1n) is 9.11. The van der Waals surface area contributed by atoms with Gasteiger partial charge in [0.2, 0.25) is 0 Å². The molecule has 4 aromatic rings. The standard InChI is InChI=1S/C19H11F7N6OS/c1-34-17-11(18(21,22)23)6-9(7-28-17)30-16(33)10-8-29-32(14(10)19(24,25)26)13-3-2-12(20)15-27-4-5-31(13)15/h2-8H,1H3,(H,30,33). The van der Waals surface area contributed by atoms with Crippen molar-refractivity contribution in [1.29, 1.82) is 0 Å². The molecule has 178 valence electrons. The van der Waals surface area contributed by atoms with Crippen LogP contribution in [0.2, 0.25) is 0 Å². The number of imidazole rings is 1. The maximum Gasteiger partial charge on any atom is 0.434 e. The molecule has 0 fully saturated rings. The molecule has 0 saturated carbocycles. The maximum atomic E-state index is 13.9. The van der Waals surface area contributed by atoms with Crippen LogP contribution >= 0.6 is 11.8 Å². The lowest BCUT2D eigenvalue weighted by atomic mass is 10.2. The molecule has 7 nitrogen and oxygen atoms in total. The Morgan fingerprint density at radius 1 is 1.06 bits per heavy atom. The summed E-state index contributed by atoms with van der Waals surface area (Å²) >= 11 is 0.716. The molecule has 4 heterocycles. The van der Waals surface area contributed by atoms with Crippen LogP contribution in [0, 0.1) is 5.82 Å². The summed E-state index contributed by atoms with van der Waals surface area (Å²) in [6, 6.07) is 2.47. The summed E-state index contributed by atoms with van der Waals surface area (Å²) in [7, 11) is 0. The van der Waals surface area contributed by atoms with Crippen molar-refractivity contribution in [2.75, 3.05) is 11.6 Å². The molecule has 0 saturated heterocycles. The van der Waals surface area contributed by atoms with Gasteiger partial charge >= 0.3 is 12.4 Å². The lowest BCUT2D eigenvalue weighted by Gasteiger charge is -2.15. The summed E-state index contributed by atoms with van der Waals surface area (Å²) in [5.41, 5.74) is -4.37. The van der Waals surface area contributed by atoms with Gasteiger partial charge < -0.3 is 5.32 Å². The Balaban J connectivity index is 1.78. The molecule has 4 aromatic heterocycles. The number of fused-ring (bicyclic) bond motifs is 1. The van der Waals surface area contributed by atoms with Gasteiger partial charge in [0.1, 0.15) is 10.8 Å². The van der Waals surface area contributed by atoms with Crippen LogP contribution in [-0.4, -0.2) is 36.3 Å². The van der Waals surface area contributed by atoms with Crippen LogP contribution in [0.3, 0.4) is 0 Å². The highest BCUT2D eigenvalue weighted by atomic mass is 32.2. The Bertz CT molecular complexity index is 1390. The van der Waals surface area contributed by atoms with Crippen molar-refractivity contribution in [2.45, 2.75) is 17.4 Å². The van der Waals surface area contributed by atoms with Crippen LogP contribution in [0.4, 0.5) is 36.4 Å². The van der Waals surface area contributed by atoms with E-state index in [1.807, 2.05) is 5.32 Å². The Morgan fingerprint density at radius 2 is 1.79 bits per heavy atom. The Hall–Kier alpha value is -3.62. The van der Waals surface area contributed by atoms with Gasteiger partial charge in [0.15, 0.2) is 17.2 Å². The molecule has 0 spiro atoms. The van der Waals surface area contributed by atoms with Crippen molar-refractivity contribution in [1.82, 2.24) is 24.1 Å². The largest absolute Gasteiger partial charge is 0.434 e. The molecule has 0 bridgehead atoms. The van der Waals surface area contributed by atoms with Gasteiger partial charge in [0, 0.05) is 12.4 Å². The summed E-state index contributed by atoms with van der Waals surface area (Å²) in [6.07, 6.45) is -4.67. The minimum atomic E-state index is -5.11. The highest BCUT2D eigenvalue weighted by Crippen LogP contribution is 2.37. The molecule has 4 rings (SSSR count). The van der Waals surface area contributed by atoms with E-state index in [1.54, 1.807) is 0 Å². The summed E-state index contributed by atoms with van der Waals surface area (Å²) in [5, 5.41) is 5.26. The lowest BCUT2D eigenvalue weighted by Crippen LogP contribution is -2.22. The van der Waals surface area contributed by atoms with E-state index in [1.165, 1.54) is 12.5 Å². The van der Waals surface area contributed by atoms with Gasteiger partial charge in [0.05, 0.1) is 29.2 Å². The first-order chi connectivity index (χ1) is 15.9. The fourth-order valence-electron chi connectivity index (χ4n) is 3.19. The predicted molar refractivity (Wildman–Crippen MR) is 106 cm³/mol.